The van der Waals surface area contributed by atoms with Crippen LogP contribution in [0.2, 0.25) is 0 Å². The van der Waals surface area contributed by atoms with Crippen LogP contribution in [-0.2, 0) is 0 Å². The number of hydrogen-bond acceptors (Lipinski definition) is 0. The molecule has 0 N–H and O–H groups in total. The SMILES string of the molecule is Cc1ccc([Si](c2ccc(C)cc2)c2cccc3cccc([Si](=C4C=C[C+](C)C=C4)c4ccc(C)cc4)c23)cc1. The van der Waals surface area contributed by atoms with Crippen LogP contribution in [-0.4, -0.2) is 22.4 Å². The molecule has 1 aliphatic rings. The van der Waals surface area contributed by atoms with Crippen LogP contribution in [0.3, 0.4) is 0 Å². The molecule has 0 amide bonds. The molecule has 2 heteroatoms. The first kappa shape index (κ1) is 26.2. The number of benzene rings is 5. The quantitative estimate of drug-likeness (QED) is 0.158. The van der Waals surface area contributed by atoms with Crippen LogP contribution >= 0.6 is 0 Å². The van der Waals surface area contributed by atoms with Crippen molar-refractivity contribution in [3.63, 3.8) is 0 Å². The normalized spacial score (nSPS) is 12.9. The van der Waals surface area contributed by atoms with Gasteiger partial charge in [0.05, 0.1) is 17.3 Å². The molecule has 5 aromatic rings. The van der Waals surface area contributed by atoms with E-state index in [1.165, 1.54) is 64.5 Å². The fourth-order valence-corrected chi connectivity index (χ4v) is 11.2. The highest BCUT2D eigenvalue weighted by atomic mass is 28.3. The topological polar surface area (TPSA) is 0 Å². The highest BCUT2D eigenvalue weighted by Crippen LogP contribution is 2.14. The van der Waals surface area contributed by atoms with Gasteiger partial charge in [0.2, 0.25) is 0 Å². The number of rotatable bonds is 5. The smallest absolute Gasteiger partial charge is 0.0622 e. The zero-order chi connectivity index (χ0) is 27.6. The van der Waals surface area contributed by atoms with Gasteiger partial charge in [-0.15, -0.1) is 0 Å². The molecule has 0 spiro atoms. The maximum absolute atomic E-state index is 2.41. The standard InChI is InChI=1S/C38H34Si2/c1-27-11-19-32(20-12-27)39(33-21-13-28(2)14-22-33)36-9-5-7-31-8-6-10-37(38(31)36)40(34-23-15-29(3)16-24-34)35-25-17-30(4)18-26-35/h5-26H,1-4H3/q+1. The first-order chi connectivity index (χ1) is 19.5. The summed E-state index contributed by atoms with van der Waals surface area (Å²) in [5.41, 5.74) is 3.91. The first-order valence-corrected chi connectivity index (χ1v) is 17.0. The maximum atomic E-state index is 2.41. The summed E-state index contributed by atoms with van der Waals surface area (Å²) in [5.74, 6) is 1.30. The number of hydrogen-bond donors (Lipinski definition) is 0. The molecule has 1 aliphatic carbocycles. The van der Waals surface area contributed by atoms with Gasteiger partial charge in [0, 0.05) is 25.0 Å². The lowest BCUT2D eigenvalue weighted by molar-refractivity contribution is 1.33. The molecule has 0 nitrogen and oxygen atoms in total. The zero-order valence-corrected chi connectivity index (χ0v) is 25.7. The van der Waals surface area contributed by atoms with Crippen LogP contribution in [0.4, 0.5) is 0 Å². The lowest BCUT2D eigenvalue weighted by atomic mass is 10.1. The van der Waals surface area contributed by atoms with Gasteiger partial charge in [-0.2, -0.15) is 0 Å². The molecule has 0 atom stereocenters. The minimum Gasteiger partial charge on any atom is -0.0622 e. The Hall–Kier alpha value is -3.99. The Morgan fingerprint density at radius 3 is 1.45 bits per heavy atom. The fourth-order valence-electron chi connectivity index (χ4n) is 5.59. The van der Waals surface area contributed by atoms with Crippen molar-refractivity contribution >= 4 is 59.1 Å². The second-order valence-corrected chi connectivity index (χ2v) is 15.8. The van der Waals surface area contributed by atoms with Crippen molar-refractivity contribution in [3.8, 4) is 0 Å². The van der Waals surface area contributed by atoms with Crippen molar-refractivity contribution in [1.29, 1.82) is 0 Å². The van der Waals surface area contributed by atoms with Crippen LogP contribution in [0.1, 0.15) is 23.6 Å². The first-order valence-electron chi connectivity index (χ1n) is 14.0. The highest BCUT2D eigenvalue weighted by molar-refractivity contribution is 6.99. The predicted octanol–water partition coefficient (Wildman–Crippen LogP) is 5.36. The molecule has 0 aliphatic heterocycles. The summed E-state index contributed by atoms with van der Waals surface area (Å²) >= 11 is 0. The predicted molar refractivity (Wildman–Crippen MR) is 179 cm³/mol. The van der Waals surface area contributed by atoms with Crippen molar-refractivity contribution in [3.05, 3.63) is 156 Å². The Kier molecular flexibility index (Phi) is 7.38. The summed E-state index contributed by atoms with van der Waals surface area (Å²) in [4.78, 5) is 0. The molecule has 5 aromatic carbocycles. The Morgan fingerprint density at radius 1 is 0.500 bits per heavy atom. The lowest BCUT2D eigenvalue weighted by Crippen LogP contribution is -2.54. The molecule has 0 unspecified atom stereocenters. The van der Waals surface area contributed by atoms with E-state index in [2.05, 4.69) is 161 Å². The molecule has 0 heterocycles. The number of aryl methyl sites for hydroxylation is 3. The summed E-state index contributed by atoms with van der Waals surface area (Å²) in [5, 5.41) is 11.5. The largest absolute Gasteiger partial charge is 0.155 e. The van der Waals surface area contributed by atoms with E-state index in [1.54, 1.807) is 0 Å². The molecule has 6 rings (SSSR count). The number of fused-ring (bicyclic) bond motifs is 1. The minimum atomic E-state index is -1.25. The molecule has 0 saturated carbocycles. The van der Waals surface area contributed by atoms with E-state index in [1.807, 2.05) is 0 Å². The van der Waals surface area contributed by atoms with Crippen molar-refractivity contribution in [1.82, 2.24) is 0 Å². The van der Waals surface area contributed by atoms with Gasteiger partial charge in [-0.1, -0.05) is 136 Å². The van der Waals surface area contributed by atoms with E-state index >= 15 is 0 Å². The molecule has 0 fully saturated rings. The third-order valence-electron chi connectivity index (χ3n) is 7.80. The van der Waals surface area contributed by atoms with Crippen LogP contribution in [0, 0.1) is 26.7 Å². The van der Waals surface area contributed by atoms with Gasteiger partial charge in [-0.3, -0.25) is 0 Å². The summed E-state index contributed by atoms with van der Waals surface area (Å²) in [6.45, 7) is 8.71. The summed E-state index contributed by atoms with van der Waals surface area (Å²) < 4.78 is 0. The third-order valence-corrected chi connectivity index (χ3v) is 13.4. The van der Waals surface area contributed by atoms with Gasteiger partial charge in [0.25, 0.3) is 0 Å². The van der Waals surface area contributed by atoms with E-state index < -0.39 is 17.2 Å². The van der Waals surface area contributed by atoms with Crippen molar-refractivity contribution in [2.75, 3.05) is 0 Å². The van der Waals surface area contributed by atoms with Crippen LogP contribution in [0.25, 0.3) is 10.8 Å². The average molecular weight is 547 g/mol. The monoisotopic (exact) mass is 546 g/mol. The van der Waals surface area contributed by atoms with E-state index in [0.29, 0.717) is 0 Å². The Balaban J connectivity index is 1.67. The second-order valence-electron chi connectivity index (χ2n) is 10.9. The Bertz CT molecular complexity index is 1690. The second kappa shape index (κ2) is 11.2. The van der Waals surface area contributed by atoms with Gasteiger partial charge in [0.15, 0.2) is 8.80 Å². The van der Waals surface area contributed by atoms with E-state index in [0.717, 1.165) is 0 Å². The van der Waals surface area contributed by atoms with Gasteiger partial charge >= 0.3 is 0 Å². The van der Waals surface area contributed by atoms with E-state index in [4.69, 9.17) is 0 Å². The molecule has 0 saturated heterocycles. The fraction of sp³-hybridized carbons (Fsp3) is 0.105. The van der Waals surface area contributed by atoms with Gasteiger partial charge in [0.1, 0.15) is 8.41 Å². The van der Waals surface area contributed by atoms with Crippen molar-refractivity contribution < 1.29 is 0 Å². The Morgan fingerprint density at radius 2 is 0.950 bits per heavy atom. The lowest BCUT2D eigenvalue weighted by Gasteiger charge is -2.22. The molecular formula is C38H34Si2+. The molecule has 1 radical (unpaired) electrons. The molecular weight excluding hydrogens is 513 g/mol. The van der Waals surface area contributed by atoms with E-state index in [9.17, 15) is 0 Å². The van der Waals surface area contributed by atoms with E-state index in [-0.39, 0.29) is 0 Å². The van der Waals surface area contributed by atoms with Gasteiger partial charge in [-0.25, -0.2) is 0 Å². The third kappa shape index (κ3) is 5.25. The zero-order valence-electron chi connectivity index (χ0n) is 23.7. The number of allylic oxidation sites excluding steroid dienone is 4. The molecule has 193 valence electrons. The molecule has 40 heavy (non-hydrogen) atoms. The summed E-state index contributed by atoms with van der Waals surface area (Å²) in [6, 6.07) is 41.7. The Labute approximate surface area is 242 Å². The van der Waals surface area contributed by atoms with Crippen molar-refractivity contribution in [2.45, 2.75) is 27.7 Å². The van der Waals surface area contributed by atoms with Crippen LogP contribution < -0.4 is 25.9 Å². The maximum Gasteiger partial charge on any atom is 0.155 e. The minimum absolute atomic E-state index is 1.25. The van der Waals surface area contributed by atoms with Crippen LogP contribution in [0.5, 0.6) is 0 Å². The summed E-state index contributed by atoms with van der Waals surface area (Å²) in [6.07, 6.45) is 9.26. The van der Waals surface area contributed by atoms with Crippen LogP contribution in [0.15, 0.2) is 133 Å². The van der Waals surface area contributed by atoms with Gasteiger partial charge in [-0.05, 0) is 47.1 Å². The highest BCUT2D eigenvalue weighted by Gasteiger charge is 2.26. The summed E-state index contributed by atoms with van der Waals surface area (Å²) in [7, 11) is -2.50. The average Bonchev–Trinajstić information content (AvgIpc) is 2.97. The molecule has 0 aromatic heterocycles. The van der Waals surface area contributed by atoms with Gasteiger partial charge < -0.3 is 0 Å². The van der Waals surface area contributed by atoms with Crippen molar-refractivity contribution in [2.24, 2.45) is 0 Å². The molecule has 0 bridgehead atoms.